The molecule has 7 heteroatoms. The number of nitrogens with zero attached hydrogens (tertiary/aromatic N) is 1. The van der Waals surface area contributed by atoms with Gasteiger partial charge in [0.1, 0.15) is 11.6 Å². The van der Waals surface area contributed by atoms with Gasteiger partial charge in [-0.15, -0.1) is 11.3 Å². The van der Waals surface area contributed by atoms with Gasteiger partial charge in [0, 0.05) is 17.5 Å². The monoisotopic (exact) mass is 362 g/mol. The second kappa shape index (κ2) is 7.48. The molecule has 2 aromatic carbocycles. The molecule has 0 saturated carbocycles. The molecule has 0 unspecified atom stereocenters. The average molecular weight is 362 g/mol. The second-order valence-electron chi connectivity index (χ2n) is 5.20. The molecule has 0 fully saturated rings. The third kappa shape index (κ3) is 3.88. The van der Waals surface area contributed by atoms with E-state index in [2.05, 4.69) is 10.3 Å². The average Bonchev–Trinajstić information content (AvgIpc) is 3.10. The molecule has 1 aromatic heterocycles. The van der Waals surface area contributed by atoms with E-state index in [0.29, 0.717) is 28.9 Å². The number of hydrogen-bond acceptors (Lipinski definition) is 5. The van der Waals surface area contributed by atoms with Crippen molar-refractivity contribution in [1.29, 1.82) is 0 Å². The Morgan fingerprint density at radius 1 is 1.04 bits per heavy atom. The third-order valence-electron chi connectivity index (χ3n) is 3.60. The number of rotatable bonds is 6. The number of ether oxygens (including phenoxy) is 2. The summed E-state index contributed by atoms with van der Waals surface area (Å²) < 4.78 is 37.6. The Labute approximate surface area is 148 Å². The van der Waals surface area contributed by atoms with E-state index in [4.69, 9.17) is 9.47 Å². The van der Waals surface area contributed by atoms with E-state index >= 15 is 0 Å². The maximum atomic E-state index is 13.8. The summed E-state index contributed by atoms with van der Waals surface area (Å²) in [6.45, 7) is 0.513. The molecule has 0 saturated heterocycles. The Balaban J connectivity index is 1.73. The SMILES string of the molecule is COc1ccc(CNc2nc(-c3cc(F)ccc3F)cs2)cc1OC. The van der Waals surface area contributed by atoms with Gasteiger partial charge in [0.05, 0.1) is 19.9 Å². The topological polar surface area (TPSA) is 43.4 Å². The Bertz CT molecular complexity index is 883. The number of methoxy groups -OCH3 is 2. The van der Waals surface area contributed by atoms with E-state index in [1.54, 1.807) is 19.6 Å². The highest BCUT2D eigenvalue weighted by Gasteiger charge is 2.11. The van der Waals surface area contributed by atoms with E-state index in [1.165, 1.54) is 11.3 Å². The fourth-order valence-electron chi connectivity index (χ4n) is 2.34. The van der Waals surface area contributed by atoms with Gasteiger partial charge in [-0.1, -0.05) is 6.07 Å². The molecule has 3 aromatic rings. The summed E-state index contributed by atoms with van der Waals surface area (Å²) in [6.07, 6.45) is 0. The molecule has 130 valence electrons. The summed E-state index contributed by atoms with van der Waals surface area (Å²) in [5, 5.41) is 5.48. The number of halogens is 2. The Kier molecular flexibility index (Phi) is 5.14. The van der Waals surface area contributed by atoms with Crippen molar-refractivity contribution in [3.05, 3.63) is 59.0 Å². The van der Waals surface area contributed by atoms with Gasteiger partial charge in [-0.25, -0.2) is 13.8 Å². The van der Waals surface area contributed by atoms with E-state index in [0.717, 1.165) is 23.8 Å². The standard InChI is InChI=1S/C18H16F2N2O2S/c1-23-16-6-3-11(7-17(16)24-2)9-21-18-22-15(10-25-18)13-8-12(19)4-5-14(13)20/h3-8,10H,9H2,1-2H3,(H,21,22). The highest BCUT2D eigenvalue weighted by molar-refractivity contribution is 7.14. The van der Waals surface area contributed by atoms with Crippen LogP contribution in [0.25, 0.3) is 11.3 Å². The Hall–Kier alpha value is -2.67. The number of hydrogen-bond donors (Lipinski definition) is 1. The first kappa shape index (κ1) is 17.2. The molecule has 1 heterocycles. The van der Waals surface area contributed by atoms with E-state index in [-0.39, 0.29) is 5.56 Å². The van der Waals surface area contributed by atoms with Crippen LogP contribution >= 0.6 is 11.3 Å². The van der Waals surface area contributed by atoms with E-state index in [1.807, 2.05) is 18.2 Å². The zero-order valence-corrected chi connectivity index (χ0v) is 14.5. The van der Waals surface area contributed by atoms with Crippen molar-refractivity contribution in [2.75, 3.05) is 19.5 Å². The van der Waals surface area contributed by atoms with Crippen molar-refractivity contribution >= 4 is 16.5 Å². The minimum Gasteiger partial charge on any atom is -0.493 e. The summed E-state index contributed by atoms with van der Waals surface area (Å²) in [5.41, 5.74) is 1.53. The summed E-state index contributed by atoms with van der Waals surface area (Å²) in [5.74, 6) is 0.301. The van der Waals surface area contributed by atoms with Crippen LogP contribution < -0.4 is 14.8 Å². The van der Waals surface area contributed by atoms with Crippen molar-refractivity contribution < 1.29 is 18.3 Å². The van der Waals surface area contributed by atoms with Crippen molar-refractivity contribution in [3.8, 4) is 22.8 Å². The Morgan fingerprint density at radius 3 is 2.60 bits per heavy atom. The predicted molar refractivity (Wildman–Crippen MR) is 94.3 cm³/mol. The van der Waals surface area contributed by atoms with Gasteiger partial charge < -0.3 is 14.8 Å². The molecule has 0 amide bonds. The smallest absolute Gasteiger partial charge is 0.183 e. The lowest BCUT2D eigenvalue weighted by atomic mass is 10.1. The van der Waals surface area contributed by atoms with Gasteiger partial charge >= 0.3 is 0 Å². The molecule has 0 aliphatic carbocycles. The van der Waals surface area contributed by atoms with Crippen LogP contribution in [0.15, 0.2) is 41.8 Å². The first-order valence-corrected chi connectivity index (χ1v) is 8.34. The summed E-state index contributed by atoms with van der Waals surface area (Å²) in [4.78, 5) is 4.32. The first-order valence-electron chi connectivity index (χ1n) is 7.46. The molecule has 25 heavy (non-hydrogen) atoms. The highest BCUT2D eigenvalue weighted by atomic mass is 32.1. The minimum atomic E-state index is -0.502. The fraction of sp³-hybridized carbons (Fsp3) is 0.167. The predicted octanol–water partition coefficient (Wildman–Crippen LogP) is 4.72. The van der Waals surface area contributed by atoms with Gasteiger partial charge in [-0.2, -0.15) is 0 Å². The van der Waals surface area contributed by atoms with Crippen LogP contribution in [0.4, 0.5) is 13.9 Å². The first-order chi connectivity index (χ1) is 12.1. The van der Waals surface area contributed by atoms with Crippen LogP contribution in [0.3, 0.4) is 0 Å². The van der Waals surface area contributed by atoms with Gasteiger partial charge in [-0.3, -0.25) is 0 Å². The molecule has 0 aliphatic heterocycles. The van der Waals surface area contributed by atoms with Crippen LogP contribution in [0, 0.1) is 11.6 Å². The lowest BCUT2D eigenvalue weighted by Crippen LogP contribution is -2.00. The summed E-state index contributed by atoms with van der Waals surface area (Å²) in [7, 11) is 3.16. The zero-order valence-electron chi connectivity index (χ0n) is 13.7. The van der Waals surface area contributed by atoms with Crippen molar-refractivity contribution in [2.45, 2.75) is 6.54 Å². The van der Waals surface area contributed by atoms with Gasteiger partial charge in [0.25, 0.3) is 0 Å². The van der Waals surface area contributed by atoms with Crippen molar-refractivity contribution in [3.63, 3.8) is 0 Å². The second-order valence-corrected chi connectivity index (χ2v) is 6.06. The maximum absolute atomic E-state index is 13.8. The summed E-state index contributed by atoms with van der Waals surface area (Å²) >= 11 is 1.33. The van der Waals surface area contributed by atoms with Crippen LogP contribution in [0.2, 0.25) is 0 Å². The Morgan fingerprint density at radius 2 is 1.84 bits per heavy atom. The number of anilines is 1. The van der Waals surface area contributed by atoms with Crippen LogP contribution in [-0.2, 0) is 6.54 Å². The fourth-order valence-corrected chi connectivity index (χ4v) is 3.05. The van der Waals surface area contributed by atoms with E-state index < -0.39 is 11.6 Å². The molecule has 4 nitrogen and oxygen atoms in total. The van der Waals surface area contributed by atoms with Gasteiger partial charge in [0.15, 0.2) is 16.6 Å². The number of aromatic nitrogens is 1. The lowest BCUT2D eigenvalue weighted by molar-refractivity contribution is 0.354. The molecule has 0 radical (unpaired) electrons. The molecule has 0 atom stereocenters. The summed E-state index contributed by atoms with van der Waals surface area (Å²) in [6, 6.07) is 8.93. The van der Waals surface area contributed by atoms with Gasteiger partial charge in [0.2, 0.25) is 0 Å². The van der Waals surface area contributed by atoms with Gasteiger partial charge in [-0.05, 0) is 35.9 Å². The lowest BCUT2D eigenvalue weighted by Gasteiger charge is -2.09. The molecule has 0 spiro atoms. The zero-order chi connectivity index (χ0) is 17.8. The number of benzene rings is 2. The molecule has 1 N–H and O–H groups in total. The molecule has 0 aliphatic rings. The molecular formula is C18H16F2N2O2S. The molecule has 0 bridgehead atoms. The van der Waals surface area contributed by atoms with Crippen molar-refractivity contribution in [1.82, 2.24) is 4.98 Å². The maximum Gasteiger partial charge on any atom is 0.183 e. The van der Waals surface area contributed by atoms with Crippen LogP contribution in [-0.4, -0.2) is 19.2 Å². The van der Waals surface area contributed by atoms with E-state index in [9.17, 15) is 8.78 Å². The molecule has 3 rings (SSSR count). The van der Waals surface area contributed by atoms with Crippen LogP contribution in [0.5, 0.6) is 11.5 Å². The number of nitrogens with one attached hydrogen (secondary N) is 1. The minimum absolute atomic E-state index is 0.149. The van der Waals surface area contributed by atoms with Crippen molar-refractivity contribution in [2.24, 2.45) is 0 Å². The van der Waals surface area contributed by atoms with Crippen LogP contribution in [0.1, 0.15) is 5.56 Å². The molecular weight excluding hydrogens is 346 g/mol. The largest absolute Gasteiger partial charge is 0.493 e. The highest BCUT2D eigenvalue weighted by Crippen LogP contribution is 2.30. The quantitative estimate of drug-likeness (QED) is 0.689. The third-order valence-corrected chi connectivity index (χ3v) is 4.40. The normalized spacial score (nSPS) is 10.6. The number of thiazole rings is 1.